The van der Waals surface area contributed by atoms with Gasteiger partial charge in [0.25, 0.3) is 0 Å². The fraction of sp³-hybridized carbons (Fsp3) is 0.241. The number of ether oxygens (including phenoxy) is 1. The first-order chi connectivity index (χ1) is 19.4. The van der Waals surface area contributed by atoms with E-state index in [9.17, 15) is 4.57 Å². The molecule has 11 heteroatoms. The molecule has 9 nitrogen and oxygen atoms in total. The molecule has 1 N–H and O–H groups in total. The van der Waals surface area contributed by atoms with Gasteiger partial charge in [-0.2, -0.15) is 0 Å². The van der Waals surface area contributed by atoms with Crippen molar-refractivity contribution in [3.05, 3.63) is 89.9 Å². The van der Waals surface area contributed by atoms with Gasteiger partial charge in [0.05, 0.1) is 36.1 Å². The highest BCUT2D eigenvalue weighted by Crippen LogP contribution is 2.43. The molecular weight excluding hydrogens is 547 g/mol. The largest absolute Gasteiger partial charge is 0.486 e. The van der Waals surface area contributed by atoms with E-state index >= 15 is 0 Å². The van der Waals surface area contributed by atoms with Gasteiger partial charge >= 0.3 is 0 Å². The fourth-order valence-corrected chi connectivity index (χ4v) is 6.49. The number of nitrogens with zero attached hydrogens (tertiary/aromatic N) is 5. The molecule has 0 atom stereocenters. The Morgan fingerprint density at radius 2 is 1.93 bits per heavy atom. The molecule has 0 bridgehead atoms. The van der Waals surface area contributed by atoms with Crippen molar-refractivity contribution in [2.75, 3.05) is 37.4 Å². The number of rotatable bonds is 8. The molecule has 2 aromatic carbocycles. The number of fused-ring (bicyclic) bond motifs is 1. The predicted molar refractivity (Wildman–Crippen MR) is 157 cm³/mol. The summed E-state index contributed by atoms with van der Waals surface area (Å²) in [7, 11) is -1.95. The number of aromatic nitrogens is 4. The quantitative estimate of drug-likeness (QED) is 0.209. The Kier molecular flexibility index (Phi) is 7.52. The summed E-state index contributed by atoms with van der Waals surface area (Å²) in [6, 6.07) is 15.5. The molecule has 3 aromatic heterocycles. The Hall–Kier alpha value is -3.78. The molecule has 204 valence electrons. The van der Waals surface area contributed by atoms with Crippen LogP contribution in [0.3, 0.4) is 0 Å². The Balaban J connectivity index is 1.18. The standard InChI is InChI=1S/C29H28ClN6O3P/c1-40(37)12-10-36(11-13-40)17-23-4-7-27(39-23)20-2-5-26-24(14-20)29(34-19-33-26)35-21-3-6-28(25(30)15-21)38-18-22-16-31-8-9-32-22/h2-9,14-16,19H,10-13,17-18H2,1H3,(H,33,34,35). The summed E-state index contributed by atoms with van der Waals surface area (Å²) in [4.78, 5) is 19.5. The maximum absolute atomic E-state index is 12.3. The maximum Gasteiger partial charge on any atom is 0.141 e. The number of benzene rings is 2. The highest BCUT2D eigenvalue weighted by Gasteiger charge is 2.24. The summed E-state index contributed by atoms with van der Waals surface area (Å²) in [5.41, 5.74) is 3.22. The van der Waals surface area contributed by atoms with Gasteiger partial charge in [0.2, 0.25) is 0 Å². The number of hydrogen-bond donors (Lipinski definition) is 1. The molecule has 1 aliphatic rings. The van der Waals surface area contributed by atoms with E-state index < -0.39 is 7.14 Å². The molecule has 40 heavy (non-hydrogen) atoms. The van der Waals surface area contributed by atoms with Crippen LogP contribution in [0.4, 0.5) is 11.5 Å². The van der Waals surface area contributed by atoms with E-state index in [2.05, 4.69) is 30.2 Å². The summed E-state index contributed by atoms with van der Waals surface area (Å²) in [5, 5.41) is 4.68. The van der Waals surface area contributed by atoms with Crippen molar-refractivity contribution < 1.29 is 13.7 Å². The Morgan fingerprint density at radius 1 is 1.05 bits per heavy atom. The molecule has 0 amide bonds. The highest BCUT2D eigenvalue weighted by atomic mass is 35.5. The Labute approximate surface area is 237 Å². The molecular formula is C29H28ClN6O3P. The van der Waals surface area contributed by atoms with E-state index in [0.29, 0.717) is 28.8 Å². The third-order valence-electron chi connectivity index (χ3n) is 6.93. The smallest absolute Gasteiger partial charge is 0.141 e. The van der Waals surface area contributed by atoms with Gasteiger partial charge in [0, 0.05) is 54.4 Å². The van der Waals surface area contributed by atoms with E-state index in [1.807, 2.05) is 49.1 Å². The van der Waals surface area contributed by atoms with Crippen LogP contribution < -0.4 is 10.1 Å². The lowest BCUT2D eigenvalue weighted by molar-refractivity contribution is 0.263. The van der Waals surface area contributed by atoms with Gasteiger partial charge in [-0.3, -0.25) is 14.9 Å². The van der Waals surface area contributed by atoms with Crippen molar-refractivity contribution in [1.82, 2.24) is 24.8 Å². The van der Waals surface area contributed by atoms with Gasteiger partial charge in [0.15, 0.2) is 0 Å². The van der Waals surface area contributed by atoms with Gasteiger partial charge < -0.3 is 19.0 Å². The van der Waals surface area contributed by atoms with Crippen LogP contribution in [-0.4, -0.2) is 56.9 Å². The van der Waals surface area contributed by atoms with E-state index in [4.69, 9.17) is 20.8 Å². The molecule has 1 fully saturated rings. The normalized spacial score (nSPS) is 15.2. The van der Waals surface area contributed by atoms with Crippen molar-refractivity contribution in [2.45, 2.75) is 13.2 Å². The molecule has 5 aromatic rings. The van der Waals surface area contributed by atoms with Gasteiger partial charge in [-0.25, -0.2) is 9.97 Å². The minimum absolute atomic E-state index is 0.271. The summed E-state index contributed by atoms with van der Waals surface area (Å²) in [6.45, 7) is 4.56. The van der Waals surface area contributed by atoms with Crippen LogP contribution in [0.1, 0.15) is 11.5 Å². The van der Waals surface area contributed by atoms with E-state index in [0.717, 1.165) is 59.1 Å². The van der Waals surface area contributed by atoms with Crippen LogP contribution in [0.2, 0.25) is 5.02 Å². The second-order valence-electron chi connectivity index (χ2n) is 10.00. The second-order valence-corrected chi connectivity index (χ2v) is 13.9. The number of furan rings is 1. The van der Waals surface area contributed by atoms with E-state index in [1.54, 1.807) is 24.7 Å². The van der Waals surface area contributed by atoms with Gasteiger partial charge in [-0.1, -0.05) is 11.6 Å². The van der Waals surface area contributed by atoms with Crippen molar-refractivity contribution in [1.29, 1.82) is 0 Å². The number of hydrogen-bond acceptors (Lipinski definition) is 9. The van der Waals surface area contributed by atoms with Gasteiger partial charge in [-0.15, -0.1) is 0 Å². The average molecular weight is 575 g/mol. The van der Waals surface area contributed by atoms with Crippen LogP contribution in [0, 0.1) is 0 Å². The summed E-state index contributed by atoms with van der Waals surface area (Å²) in [6.07, 6.45) is 7.96. The van der Waals surface area contributed by atoms with Crippen molar-refractivity contribution in [3.63, 3.8) is 0 Å². The first-order valence-corrected chi connectivity index (χ1v) is 15.9. The summed E-state index contributed by atoms with van der Waals surface area (Å²) >= 11 is 6.51. The zero-order valence-electron chi connectivity index (χ0n) is 22.0. The fourth-order valence-electron chi connectivity index (χ4n) is 4.62. The van der Waals surface area contributed by atoms with Crippen LogP contribution in [0.25, 0.3) is 22.2 Å². The minimum Gasteiger partial charge on any atom is -0.486 e. The van der Waals surface area contributed by atoms with Crippen LogP contribution in [0.5, 0.6) is 5.75 Å². The molecule has 0 unspecified atom stereocenters. The average Bonchev–Trinajstić information content (AvgIpc) is 3.43. The third kappa shape index (κ3) is 6.17. The van der Waals surface area contributed by atoms with Crippen LogP contribution >= 0.6 is 18.7 Å². The van der Waals surface area contributed by atoms with Crippen LogP contribution in [-0.2, 0) is 17.7 Å². The molecule has 1 aliphatic heterocycles. The lowest BCUT2D eigenvalue weighted by Gasteiger charge is -2.29. The van der Waals surface area contributed by atoms with Crippen LogP contribution in [0.15, 0.2) is 77.9 Å². The van der Waals surface area contributed by atoms with Crippen molar-refractivity contribution in [2.24, 2.45) is 0 Å². The molecule has 4 heterocycles. The summed E-state index contributed by atoms with van der Waals surface area (Å²) in [5.74, 6) is 2.87. The van der Waals surface area contributed by atoms with E-state index in [1.165, 1.54) is 6.33 Å². The first kappa shape index (κ1) is 26.4. The predicted octanol–water partition coefficient (Wildman–Crippen LogP) is 6.46. The zero-order chi connectivity index (χ0) is 27.5. The van der Waals surface area contributed by atoms with Crippen molar-refractivity contribution >= 4 is 41.2 Å². The molecule has 6 rings (SSSR count). The molecule has 1 saturated heterocycles. The van der Waals surface area contributed by atoms with Gasteiger partial charge in [0.1, 0.15) is 36.0 Å². The van der Waals surface area contributed by atoms with Crippen molar-refractivity contribution in [3.8, 4) is 17.1 Å². The highest BCUT2D eigenvalue weighted by molar-refractivity contribution is 7.63. The zero-order valence-corrected chi connectivity index (χ0v) is 23.6. The molecule has 0 spiro atoms. The van der Waals surface area contributed by atoms with E-state index in [-0.39, 0.29) is 6.61 Å². The second kappa shape index (κ2) is 11.4. The summed E-state index contributed by atoms with van der Waals surface area (Å²) < 4.78 is 24.3. The first-order valence-electron chi connectivity index (χ1n) is 13.0. The monoisotopic (exact) mass is 574 g/mol. The molecule has 0 saturated carbocycles. The minimum atomic E-state index is -1.95. The lowest BCUT2D eigenvalue weighted by Crippen LogP contribution is -2.33. The molecule has 0 radical (unpaired) electrons. The topological polar surface area (TPSA) is 106 Å². The Bertz CT molecular complexity index is 1680. The SMILES string of the molecule is CP1(=O)CCN(Cc2ccc(-c3ccc4ncnc(Nc5ccc(OCc6cnccn6)c(Cl)c5)c4c3)o2)CC1. The maximum atomic E-state index is 12.3. The molecule has 0 aliphatic carbocycles. The third-order valence-corrected chi connectivity index (χ3v) is 9.51. The number of halogens is 1. The number of nitrogens with one attached hydrogen (secondary N) is 1. The lowest BCUT2D eigenvalue weighted by atomic mass is 10.1. The van der Waals surface area contributed by atoms with Gasteiger partial charge in [-0.05, 0) is 55.2 Å². The number of anilines is 2. The Morgan fingerprint density at radius 3 is 2.73 bits per heavy atom.